The Morgan fingerprint density at radius 2 is 1.66 bits per heavy atom. The molecule has 1 aliphatic heterocycles. The summed E-state index contributed by atoms with van der Waals surface area (Å²) >= 11 is 0. The fraction of sp³-hybridized carbons (Fsp3) is 0.300. The maximum atomic E-state index is 13.5. The second-order valence-corrected chi connectivity index (χ2v) is 9.56. The van der Waals surface area contributed by atoms with Crippen LogP contribution in [0.15, 0.2) is 84.9 Å². The number of para-hydroxylation sites is 1. The second kappa shape index (κ2) is 10.4. The Bertz CT molecular complexity index is 1250. The van der Waals surface area contributed by atoms with Crippen molar-refractivity contribution in [2.75, 3.05) is 31.1 Å². The van der Waals surface area contributed by atoms with Gasteiger partial charge in [-0.05, 0) is 93.4 Å². The summed E-state index contributed by atoms with van der Waals surface area (Å²) < 4.78 is 15.5. The fourth-order valence-corrected chi connectivity index (χ4v) is 5.05. The highest BCUT2D eigenvalue weighted by atomic mass is 19.1. The van der Waals surface area contributed by atoms with Gasteiger partial charge in [-0.15, -0.1) is 0 Å². The van der Waals surface area contributed by atoms with Crippen LogP contribution in [0.5, 0.6) is 0 Å². The van der Waals surface area contributed by atoms with E-state index < -0.39 is 0 Å². The van der Waals surface area contributed by atoms with Crippen LogP contribution in [-0.4, -0.2) is 46.9 Å². The van der Waals surface area contributed by atoms with Crippen LogP contribution in [0.3, 0.4) is 0 Å². The van der Waals surface area contributed by atoms with Crippen LogP contribution in [0.25, 0.3) is 16.9 Å². The summed E-state index contributed by atoms with van der Waals surface area (Å²) in [6, 6.07) is 28.3. The first-order valence-corrected chi connectivity index (χ1v) is 12.5. The molecule has 3 aromatic carbocycles. The number of halogens is 1. The normalized spacial score (nSPS) is 16.5. The first-order chi connectivity index (χ1) is 17.1. The number of aryl methyl sites for hydroxylation is 2. The molecule has 5 rings (SSSR count). The highest BCUT2D eigenvalue weighted by Crippen LogP contribution is 2.26. The lowest BCUT2D eigenvalue weighted by atomic mass is 10.1. The predicted molar refractivity (Wildman–Crippen MR) is 142 cm³/mol. The van der Waals surface area contributed by atoms with Gasteiger partial charge in [0.2, 0.25) is 0 Å². The topological polar surface area (TPSA) is 24.3 Å². The zero-order chi connectivity index (χ0) is 24.2. The van der Waals surface area contributed by atoms with E-state index in [4.69, 9.17) is 5.10 Å². The first-order valence-electron chi connectivity index (χ1n) is 12.5. The zero-order valence-electron chi connectivity index (χ0n) is 20.6. The lowest BCUT2D eigenvalue weighted by Crippen LogP contribution is -2.52. The van der Waals surface area contributed by atoms with Gasteiger partial charge in [0.15, 0.2) is 0 Å². The van der Waals surface area contributed by atoms with Gasteiger partial charge in [0.1, 0.15) is 5.82 Å². The van der Waals surface area contributed by atoms with E-state index in [0.29, 0.717) is 6.04 Å². The van der Waals surface area contributed by atoms with Crippen molar-refractivity contribution in [2.45, 2.75) is 32.7 Å². The van der Waals surface area contributed by atoms with E-state index in [0.717, 1.165) is 61.7 Å². The van der Waals surface area contributed by atoms with Crippen molar-refractivity contribution in [2.24, 2.45) is 0 Å². The summed E-state index contributed by atoms with van der Waals surface area (Å²) in [6.07, 6.45) is 1.98. The third-order valence-electron chi connectivity index (χ3n) is 6.85. The van der Waals surface area contributed by atoms with Gasteiger partial charge in [0.05, 0.1) is 17.1 Å². The lowest BCUT2D eigenvalue weighted by Gasteiger charge is -2.41. The Morgan fingerprint density at radius 1 is 0.886 bits per heavy atom. The highest BCUT2D eigenvalue weighted by Gasteiger charge is 2.23. The van der Waals surface area contributed by atoms with Crippen molar-refractivity contribution in [3.05, 3.63) is 102 Å². The Morgan fingerprint density at radius 3 is 2.40 bits per heavy atom. The SMILES string of the molecule is Cc1cccc(N2CCN(CCCc3cc(-c4ccc(F)cc4)n(-c4ccccc4)n3)CC2C)c1. The van der Waals surface area contributed by atoms with E-state index in [1.807, 2.05) is 35.0 Å². The van der Waals surface area contributed by atoms with Crippen molar-refractivity contribution in [1.29, 1.82) is 0 Å². The molecule has 0 amide bonds. The van der Waals surface area contributed by atoms with Crippen molar-refractivity contribution in [3.8, 4) is 16.9 Å². The van der Waals surface area contributed by atoms with Gasteiger partial charge in [0.25, 0.3) is 0 Å². The van der Waals surface area contributed by atoms with Gasteiger partial charge in [0, 0.05) is 36.9 Å². The van der Waals surface area contributed by atoms with Crippen LogP contribution < -0.4 is 4.90 Å². The molecule has 4 aromatic rings. The van der Waals surface area contributed by atoms with Crippen molar-refractivity contribution in [3.63, 3.8) is 0 Å². The molecule has 0 N–H and O–H groups in total. The number of aromatic nitrogens is 2. The minimum atomic E-state index is -0.225. The maximum absolute atomic E-state index is 13.5. The number of piperazine rings is 1. The average Bonchev–Trinajstić information content (AvgIpc) is 3.29. The largest absolute Gasteiger partial charge is 0.366 e. The number of anilines is 1. The van der Waals surface area contributed by atoms with Gasteiger partial charge >= 0.3 is 0 Å². The van der Waals surface area contributed by atoms with Crippen molar-refractivity contribution >= 4 is 5.69 Å². The van der Waals surface area contributed by atoms with Crippen LogP contribution in [0.4, 0.5) is 10.1 Å². The molecule has 1 aromatic heterocycles. The fourth-order valence-electron chi connectivity index (χ4n) is 5.05. The van der Waals surface area contributed by atoms with E-state index in [2.05, 4.69) is 66.1 Å². The Labute approximate surface area is 207 Å². The Balaban J connectivity index is 1.24. The van der Waals surface area contributed by atoms with E-state index >= 15 is 0 Å². The monoisotopic (exact) mass is 468 g/mol. The molecule has 35 heavy (non-hydrogen) atoms. The first kappa shape index (κ1) is 23.3. The van der Waals surface area contributed by atoms with Crippen LogP contribution in [0.2, 0.25) is 0 Å². The van der Waals surface area contributed by atoms with Crippen LogP contribution in [0, 0.1) is 12.7 Å². The lowest BCUT2D eigenvalue weighted by molar-refractivity contribution is 0.226. The van der Waals surface area contributed by atoms with Gasteiger partial charge in [-0.1, -0.05) is 30.3 Å². The molecule has 1 fully saturated rings. The number of rotatable bonds is 7. The molecule has 180 valence electrons. The highest BCUT2D eigenvalue weighted by molar-refractivity contribution is 5.62. The Hall–Kier alpha value is -3.44. The van der Waals surface area contributed by atoms with Crippen molar-refractivity contribution in [1.82, 2.24) is 14.7 Å². The molecule has 0 bridgehead atoms. The zero-order valence-corrected chi connectivity index (χ0v) is 20.6. The molecule has 1 aliphatic rings. The van der Waals surface area contributed by atoms with Crippen LogP contribution in [-0.2, 0) is 6.42 Å². The van der Waals surface area contributed by atoms with E-state index in [-0.39, 0.29) is 5.82 Å². The molecule has 0 aliphatic carbocycles. The number of hydrogen-bond donors (Lipinski definition) is 0. The molecular weight excluding hydrogens is 435 g/mol. The molecule has 0 radical (unpaired) electrons. The number of nitrogens with zero attached hydrogens (tertiary/aromatic N) is 4. The van der Waals surface area contributed by atoms with E-state index in [9.17, 15) is 4.39 Å². The summed E-state index contributed by atoms with van der Waals surface area (Å²) in [5, 5.41) is 4.93. The smallest absolute Gasteiger partial charge is 0.123 e. The van der Waals surface area contributed by atoms with Crippen LogP contribution >= 0.6 is 0 Å². The molecule has 4 nitrogen and oxygen atoms in total. The summed E-state index contributed by atoms with van der Waals surface area (Å²) in [4.78, 5) is 5.10. The number of benzene rings is 3. The third-order valence-corrected chi connectivity index (χ3v) is 6.85. The molecule has 2 heterocycles. The molecule has 0 saturated carbocycles. The summed E-state index contributed by atoms with van der Waals surface area (Å²) in [5.41, 5.74) is 6.68. The molecule has 1 saturated heterocycles. The molecule has 1 unspecified atom stereocenters. The summed E-state index contributed by atoms with van der Waals surface area (Å²) in [6.45, 7) is 8.76. The quantitative estimate of drug-likeness (QED) is 0.326. The average molecular weight is 469 g/mol. The van der Waals surface area contributed by atoms with Crippen molar-refractivity contribution < 1.29 is 4.39 Å². The van der Waals surface area contributed by atoms with Gasteiger partial charge in [-0.25, -0.2) is 9.07 Å². The molecular formula is C30H33FN4. The molecule has 0 spiro atoms. The van der Waals surface area contributed by atoms with Gasteiger partial charge in [-0.2, -0.15) is 5.10 Å². The summed E-state index contributed by atoms with van der Waals surface area (Å²) in [7, 11) is 0. The standard InChI is InChI=1S/C30H33FN4/c1-23-8-6-12-29(20-23)34-19-18-33(22-24(34)2)17-7-9-27-21-30(25-13-15-26(31)16-14-25)35(32-27)28-10-4-3-5-11-28/h3-6,8,10-16,20-21,24H,7,9,17-19,22H2,1-2H3. The third kappa shape index (κ3) is 5.46. The predicted octanol–water partition coefficient (Wildman–Crippen LogP) is 6.13. The van der Waals surface area contributed by atoms with Gasteiger partial charge < -0.3 is 4.90 Å². The number of hydrogen-bond acceptors (Lipinski definition) is 3. The minimum Gasteiger partial charge on any atom is -0.366 e. The minimum absolute atomic E-state index is 0.225. The van der Waals surface area contributed by atoms with Crippen LogP contribution in [0.1, 0.15) is 24.6 Å². The Kier molecular flexibility index (Phi) is 6.96. The maximum Gasteiger partial charge on any atom is 0.123 e. The molecule has 1 atom stereocenters. The summed E-state index contributed by atoms with van der Waals surface area (Å²) in [5.74, 6) is -0.225. The van der Waals surface area contributed by atoms with Gasteiger partial charge in [-0.3, -0.25) is 4.90 Å². The second-order valence-electron chi connectivity index (χ2n) is 9.56. The van der Waals surface area contributed by atoms with E-state index in [1.165, 1.54) is 23.4 Å². The van der Waals surface area contributed by atoms with E-state index in [1.54, 1.807) is 0 Å². The molecule has 5 heteroatoms.